The van der Waals surface area contributed by atoms with Crippen LogP contribution in [0.4, 0.5) is 0 Å². The van der Waals surface area contributed by atoms with Gasteiger partial charge in [0.1, 0.15) is 6.04 Å². The fourth-order valence-electron chi connectivity index (χ4n) is 0.603. The molecule has 3 nitrogen and oxygen atoms in total. The van der Waals surface area contributed by atoms with Gasteiger partial charge >= 0.3 is 0 Å². The molecule has 0 saturated heterocycles. The lowest BCUT2D eigenvalue weighted by Gasteiger charge is -2.01. The second kappa shape index (κ2) is 2.81. The highest BCUT2D eigenvalue weighted by Crippen LogP contribution is 2.13. The van der Waals surface area contributed by atoms with Crippen molar-refractivity contribution in [3.8, 4) is 0 Å². The fraction of sp³-hybridized carbons (Fsp3) is 0.167. The third-order valence-corrected chi connectivity index (χ3v) is 1.89. The first-order valence-electron chi connectivity index (χ1n) is 2.75. The number of carbonyl (C=O) groups excluding carboxylic acids is 1. The van der Waals surface area contributed by atoms with E-state index in [0.29, 0.717) is 0 Å². The van der Waals surface area contributed by atoms with Crippen LogP contribution in [-0.2, 0) is 4.79 Å². The topological polar surface area (TPSA) is 66.9 Å². The average Bonchev–Trinajstić information content (AvgIpc) is 2.36. The van der Waals surface area contributed by atoms with E-state index in [0.717, 1.165) is 5.56 Å². The van der Waals surface area contributed by atoms with Crippen LogP contribution in [0.5, 0.6) is 0 Å². The smallest absolute Gasteiger partial charge is 0.259 e. The lowest BCUT2D eigenvalue weighted by molar-refractivity contribution is -0.119. The van der Waals surface area contributed by atoms with Gasteiger partial charge in [-0.05, 0) is 22.4 Å². The number of thiophene rings is 1. The standard InChI is InChI=1S/C6H7N2OS/c7-5(6(8)9)4-1-2-10-3-4/h1-3,5,8H,7H2. The van der Waals surface area contributed by atoms with Crippen LogP contribution < -0.4 is 11.5 Å². The van der Waals surface area contributed by atoms with E-state index < -0.39 is 11.9 Å². The van der Waals surface area contributed by atoms with E-state index in [2.05, 4.69) is 0 Å². The number of nitrogens with one attached hydrogen (secondary N) is 1. The van der Waals surface area contributed by atoms with Crippen molar-refractivity contribution < 1.29 is 4.79 Å². The van der Waals surface area contributed by atoms with Crippen LogP contribution in [0, 0.1) is 0 Å². The summed E-state index contributed by atoms with van der Waals surface area (Å²) in [4.78, 5) is 10.4. The zero-order chi connectivity index (χ0) is 7.56. The van der Waals surface area contributed by atoms with Gasteiger partial charge in [-0.2, -0.15) is 11.3 Å². The van der Waals surface area contributed by atoms with Crippen molar-refractivity contribution >= 4 is 17.2 Å². The third kappa shape index (κ3) is 1.34. The van der Waals surface area contributed by atoms with Crippen LogP contribution in [0.15, 0.2) is 16.8 Å². The van der Waals surface area contributed by atoms with Crippen molar-refractivity contribution in [2.45, 2.75) is 6.04 Å². The Hall–Kier alpha value is -0.870. The highest BCUT2D eigenvalue weighted by molar-refractivity contribution is 7.08. The molecule has 1 rings (SSSR count). The average molecular weight is 155 g/mol. The molecule has 1 unspecified atom stereocenters. The molecule has 1 aromatic heterocycles. The number of amides is 1. The van der Waals surface area contributed by atoms with E-state index >= 15 is 0 Å². The van der Waals surface area contributed by atoms with Gasteiger partial charge in [0.25, 0.3) is 5.91 Å². The second-order valence-electron chi connectivity index (χ2n) is 1.90. The molecule has 53 valence electrons. The van der Waals surface area contributed by atoms with Gasteiger partial charge in [-0.1, -0.05) is 0 Å². The Balaban J connectivity index is 2.77. The minimum atomic E-state index is -0.758. The van der Waals surface area contributed by atoms with Crippen LogP contribution in [0.3, 0.4) is 0 Å². The van der Waals surface area contributed by atoms with Gasteiger partial charge in [-0.3, -0.25) is 10.5 Å². The van der Waals surface area contributed by atoms with Gasteiger partial charge < -0.3 is 5.73 Å². The molecule has 10 heavy (non-hydrogen) atoms. The molecule has 1 aromatic rings. The van der Waals surface area contributed by atoms with Crippen LogP contribution in [0.25, 0.3) is 0 Å². The maximum absolute atomic E-state index is 10.4. The van der Waals surface area contributed by atoms with Crippen molar-refractivity contribution in [2.75, 3.05) is 0 Å². The van der Waals surface area contributed by atoms with Crippen molar-refractivity contribution in [2.24, 2.45) is 5.73 Å². The Morgan fingerprint density at radius 1 is 1.80 bits per heavy atom. The lowest BCUT2D eigenvalue weighted by Crippen LogP contribution is -2.21. The number of hydrogen-bond donors (Lipinski definition) is 1. The zero-order valence-electron chi connectivity index (χ0n) is 5.20. The molecule has 0 aliphatic rings. The molecule has 1 heterocycles. The largest absolute Gasteiger partial charge is 0.316 e. The molecular formula is C6H7N2OS. The quantitative estimate of drug-likeness (QED) is 0.678. The maximum atomic E-state index is 10.4. The van der Waals surface area contributed by atoms with Gasteiger partial charge in [0, 0.05) is 0 Å². The highest BCUT2D eigenvalue weighted by atomic mass is 32.1. The Bertz CT molecular complexity index is 220. The Kier molecular flexibility index (Phi) is 2.03. The number of rotatable bonds is 2. The van der Waals surface area contributed by atoms with Crippen LogP contribution in [-0.4, -0.2) is 5.91 Å². The SMILES string of the molecule is [NH]C(=O)C(N)c1ccsc1. The molecule has 4 heteroatoms. The monoisotopic (exact) mass is 155 g/mol. The van der Waals surface area contributed by atoms with Gasteiger partial charge in [0.15, 0.2) is 0 Å². The van der Waals surface area contributed by atoms with Crippen LogP contribution in [0.1, 0.15) is 11.6 Å². The molecule has 0 aliphatic carbocycles. The number of hydrogen-bond acceptors (Lipinski definition) is 3. The molecule has 0 bridgehead atoms. The molecule has 0 spiro atoms. The Morgan fingerprint density at radius 3 is 2.90 bits per heavy atom. The Labute approximate surface area is 62.6 Å². The van der Waals surface area contributed by atoms with Crippen molar-refractivity contribution in [1.82, 2.24) is 5.73 Å². The van der Waals surface area contributed by atoms with E-state index in [1.165, 1.54) is 11.3 Å². The normalized spacial score (nSPS) is 12.9. The van der Waals surface area contributed by atoms with Gasteiger partial charge in [-0.25, -0.2) is 0 Å². The summed E-state index contributed by atoms with van der Waals surface area (Å²) in [6.07, 6.45) is 0. The van der Waals surface area contributed by atoms with E-state index in [9.17, 15) is 4.79 Å². The summed E-state index contributed by atoms with van der Waals surface area (Å²) >= 11 is 1.47. The van der Waals surface area contributed by atoms with E-state index in [4.69, 9.17) is 11.5 Å². The fourth-order valence-corrected chi connectivity index (χ4v) is 1.30. The van der Waals surface area contributed by atoms with Gasteiger partial charge in [-0.15, -0.1) is 0 Å². The lowest BCUT2D eigenvalue weighted by atomic mass is 10.2. The molecule has 1 atom stereocenters. The van der Waals surface area contributed by atoms with E-state index in [1.54, 1.807) is 11.4 Å². The second-order valence-corrected chi connectivity index (χ2v) is 2.68. The minimum absolute atomic E-state index is 0.727. The molecular weight excluding hydrogens is 148 g/mol. The van der Waals surface area contributed by atoms with E-state index in [1.807, 2.05) is 5.38 Å². The van der Waals surface area contributed by atoms with Crippen LogP contribution >= 0.6 is 11.3 Å². The molecule has 1 radical (unpaired) electrons. The molecule has 3 N–H and O–H groups in total. The number of nitrogens with two attached hydrogens (primary N) is 1. The molecule has 0 aromatic carbocycles. The summed E-state index contributed by atoms with van der Waals surface area (Å²) < 4.78 is 0. The molecule has 0 fully saturated rings. The van der Waals surface area contributed by atoms with Crippen LogP contribution in [0.2, 0.25) is 0 Å². The minimum Gasteiger partial charge on any atom is -0.316 e. The number of carbonyl (C=O) groups is 1. The first-order chi connectivity index (χ1) is 4.72. The predicted molar refractivity (Wildman–Crippen MR) is 39.4 cm³/mol. The maximum Gasteiger partial charge on any atom is 0.259 e. The summed E-state index contributed by atoms with van der Waals surface area (Å²) in [5.74, 6) is -0.738. The summed E-state index contributed by atoms with van der Waals surface area (Å²) in [5.41, 5.74) is 12.8. The summed E-state index contributed by atoms with van der Waals surface area (Å²) in [6.45, 7) is 0. The van der Waals surface area contributed by atoms with Crippen molar-refractivity contribution in [3.05, 3.63) is 22.4 Å². The van der Waals surface area contributed by atoms with E-state index in [-0.39, 0.29) is 0 Å². The summed E-state index contributed by atoms with van der Waals surface area (Å²) in [7, 11) is 0. The zero-order valence-corrected chi connectivity index (χ0v) is 6.02. The Morgan fingerprint density at radius 2 is 2.50 bits per heavy atom. The predicted octanol–water partition coefficient (Wildman–Crippen LogP) is 0.557. The van der Waals surface area contributed by atoms with Gasteiger partial charge in [0.2, 0.25) is 0 Å². The molecule has 0 saturated carbocycles. The molecule has 0 aliphatic heterocycles. The first kappa shape index (κ1) is 7.24. The first-order valence-corrected chi connectivity index (χ1v) is 3.69. The highest BCUT2D eigenvalue weighted by Gasteiger charge is 2.11. The summed E-state index contributed by atoms with van der Waals surface area (Å²) in [5, 5.41) is 3.61. The third-order valence-electron chi connectivity index (χ3n) is 1.18. The van der Waals surface area contributed by atoms with Crippen molar-refractivity contribution in [3.63, 3.8) is 0 Å². The summed E-state index contributed by atoms with van der Waals surface area (Å²) in [6, 6.07) is 0.994. The van der Waals surface area contributed by atoms with Gasteiger partial charge in [0.05, 0.1) is 0 Å². The molecule has 1 amide bonds. The van der Waals surface area contributed by atoms with Crippen molar-refractivity contribution in [1.29, 1.82) is 0 Å².